The number of rotatable bonds is 4. The van der Waals surface area contributed by atoms with E-state index in [0.29, 0.717) is 16.9 Å². The minimum Gasteiger partial charge on any atom is -0.311 e. The lowest BCUT2D eigenvalue weighted by Gasteiger charge is -2.13. The van der Waals surface area contributed by atoms with Gasteiger partial charge in [0.1, 0.15) is 5.78 Å². The third-order valence-electron chi connectivity index (χ3n) is 4.97. The zero-order valence-corrected chi connectivity index (χ0v) is 15.5. The molecule has 1 unspecified atom stereocenters. The monoisotopic (exact) mass is 345 g/mol. The number of nitrogens with zero attached hydrogens (tertiary/aromatic N) is 5. The molecule has 3 heterocycles. The highest BCUT2D eigenvalue weighted by Crippen LogP contribution is 2.25. The summed E-state index contributed by atoms with van der Waals surface area (Å²) in [5.74, 6) is 0.399. The van der Waals surface area contributed by atoms with Crippen LogP contribution in [0.15, 0.2) is 9.59 Å². The molecular weight excluding hydrogens is 322 g/mol. The third-order valence-corrected chi connectivity index (χ3v) is 4.97. The van der Waals surface area contributed by atoms with E-state index >= 15 is 0 Å². The maximum absolute atomic E-state index is 13.0. The number of Topliss-reactive ketones (excluding diaryl/α,β-unsaturated/α-hetero) is 1. The first-order valence-electron chi connectivity index (χ1n) is 8.39. The van der Waals surface area contributed by atoms with Crippen molar-refractivity contribution >= 4 is 22.7 Å². The van der Waals surface area contributed by atoms with Gasteiger partial charge in [0.05, 0.1) is 6.54 Å². The van der Waals surface area contributed by atoms with Crippen molar-refractivity contribution in [2.45, 2.75) is 53.6 Å². The normalized spacial score (nSPS) is 13.0. The molecule has 25 heavy (non-hydrogen) atoms. The van der Waals surface area contributed by atoms with Gasteiger partial charge in [0.2, 0.25) is 5.78 Å². The van der Waals surface area contributed by atoms with Crippen molar-refractivity contribution in [1.29, 1.82) is 0 Å². The Hall–Kier alpha value is -2.64. The van der Waals surface area contributed by atoms with Gasteiger partial charge in [-0.1, -0.05) is 6.92 Å². The van der Waals surface area contributed by atoms with Gasteiger partial charge in [0, 0.05) is 24.5 Å². The zero-order chi connectivity index (χ0) is 18.6. The lowest BCUT2D eigenvalue weighted by Crippen LogP contribution is -2.40. The molecular formula is C17H23N5O3. The first-order chi connectivity index (χ1) is 11.7. The summed E-state index contributed by atoms with van der Waals surface area (Å²) >= 11 is 0. The molecule has 0 amide bonds. The van der Waals surface area contributed by atoms with E-state index in [1.54, 1.807) is 11.4 Å². The highest BCUT2D eigenvalue weighted by Gasteiger charge is 2.24. The number of aromatic nitrogens is 5. The van der Waals surface area contributed by atoms with Crippen LogP contribution in [0.4, 0.5) is 0 Å². The lowest BCUT2D eigenvalue weighted by atomic mass is 10.2. The van der Waals surface area contributed by atoms with Gasteiger partial charge < -0.3 is 4.57 Å². The second kappa shape index (κ2) is 5.72. The molecule has 0 N–H and O–H groups in total. The van der Waals surface area contributed by atoms with Crippen LogP contribution in [0.5, 0.6) is 0 Å². The van der Waals surface area contributed by atoms with E-state index in [4.69, 9.17) is 0 Å². The maximum Gasteiger partial charge on any atom is 0.332 e. The highest BCUT2D eigenvalue weighted by molar-refractivity contribution is 5.78. The van der Waals surface area contributed by atoms with Crippen LogP contribution in [-0.2, 0) is 18.4 Å². The van der Waals surface area contributed by atoms with Crippen LogP contribution >= 0.6 is 0 Å². The number of imidazole rings is 2. The summed E-state index contributed by atoms with van der Waals surface area (Å²) in [6.45, 7) is 9.24. The van der Waals surface area contributed by atoms with Crippen LogP contribution in [0.3, 0.4) is 0 Å². The van der Waals surface area contributed by atoms with Gasteiger partial charge in [0.25, 0.3) is 5.56 Å². The number of carbonyl (C=O) groups is 1. The van der Waals surface area contributed by atoms with E-state index in [0.717, 1.165) is 22.4 Å². The average Bonchev–Trinajstić information content (AvgIpc) is 3.05. The van der Waals surface area contributed by atoms with Gasteiger partial charge in [-0.2, -0.15) is 4.98 Å². The topological polar surface area (TPSA) is 83.3 Å². The van der Waals surface area contributed by atoms with Crippen LogP contribution in [-0.4, -0.2) is 28.9 Å². The van der Waals surface area contributed by atoms with Crippen molar-refractivity contribution in [1.82, 2.24) is 23.1 Å². The Morgan fingerprint density at radius 2 is 1.84 bits per heavy atom. The van der Waals surface area contributed by atoms with Crippen LogP contribution in [0.25, 0.3) is 16.9 Å². The van der Waals surface area contributed by atoms with E-state index in [1.807, 2.05) is 13.8 Å². The van der Waals surface area contributed by atoms with Crippen molar-refractivity contribution in [2.24, 2.45) is 7.05 Å². The lowest BCUT2D eigenvalue weighted by molar-refractivity contribution is -0.117. The molecule has 8 nitrogen and oxygen atoms in total. The molecule has 0 spiro atoms. The Bertz CT molecular complexity index is 1130. The number of hydrogen-bond donors (Lipinski definition) is 0. The molecule has 0 aliphatic carbocycles. The molecule has 0 radical (unpaired) electrons. The summed E-state index contributed by atoms with van der Waals surface area (Å²) < 4.78 is 6.21. The second-order valence-electron chi connectivity index (χ2n) is 6.65. The molecule has 0 aliphatic heterocycles. The van der Waals surface area contributed by atoms with Crippen molar-refractivity contribution in [2.75, 3.05) is 0 Å². The fourth-order valence-corrected chi connectivity index (χ4v) is 3.35. The molecule has 0 aromatic carbocycles. The molecule has 3 rings (SSSR count). The summed E-state index contributed by atoms with van der Waals surface area (Å²) in [5.41, 5.74) is 1.60. The van der Waals surface area contributed by atoms with Crippen molar-refractivity contribution in [3.05, 3.63) is 32.2 Å². The van der Waals surface area contributed by atoms with Gasteiger partial charge >= 0.3 is 5.69 Å². The first kappa shape index (κ1) is 17.2. The summed E-state index contributed by atoms with van der Waals surface area (Å²) in [6.07, 6.45) is 0.918. The smallest absolute Gasteiger partial charge is 0.311 e. The number of fused-ring (bicyclic) bond motifs is 3. The molecule has 1 atom stereocenters. The Labute approximate surface area is 144 Å². The fraction of sp³-hybridized carbons (Fsp3) is 0.529. The SMILES string of the molecule is CCC(C)n1c(C)c(C)n2c3c(=O)n(CC(C)=O)c(=O)n(C)c3nc12. The van der Waals surface area contributed by atoms with E-state index in [2.05, 4.69) is 23.4 Å². The van der Waals surface area contributed by atoms with Crippen LogP contribution in [0.2, 0.25) is 0 Å². The predicted molar refractivity (Wildman–Crippen MR) is 95.3 cm³/mol. The minimum atomic E-state index is -0.530. The van der Waals surface area contributed by atoms with Crippen molar-refractivity contribution < 1.29 is 4.79 Å². The first-order valence-corrected chi connectivity index (χ1v) is 8.39. The summed E-state index contributed by atoms with van der Waals surface area (Å²) in [4.78, 5) is 41.5. The number of ketones is 1. The molecule has 0 fully saturated rings. The quantitative estimate of drug-likeness (QED) is 0.714. The highest BCUT2D eigenvalue weighted by atomic mass is 16.2. The predicted octanol–water partition coefficient (Wildman–Crippen LogP) is 1.33. The Balaban J connectivity index is 2.55. The molecule has 134 valence electrons. The second-order valence-corrected chi connectivity index (χ2v) is 6.65. The van der Waals surface area contributed by atoms with Gasteiger partial charge in [-0.3, -0.25) is 23.1 Å². The number of hydrogen-bond acceptors (Lipinski definition) is 4. The van der Waals surface area contributed by atoms with Gasteiger partial charge in [0.15, 0.2) is 11.2 Å². The summed E-state index contributed by atoms with van der Waals surface area (Å²) in [5, 5.41) is 0. The molecule has 0 aliphatic rings. The minimum absolute atomic E-state index is 0.212. The fourth-order valence-electron chi connectivity index (χ4n) is 3.35. The van der Waals surface area contributed by atoms with Crippen LogP contribution in [0.1, 0.15) is 44.6 Å². The van der Waals surface area contributed by atoms with E-state index in [9.17, 15) is 14.4 Å². The number of carbonyl (C=O) groups excluding carboxylic acids is 1. The Kier molecular flexibility index (Phi) is 3.93. The van der Waals surface area contributed by atoms with Crippen molar-refractivity contribution in [3.8, 4) is 0 Å². The maximum atomic E-state index is 13.0. The molecule has 8 heteroatoms. The zero-order valence-electron chi connectivity index (χ0n) is 15.5. The largest absolute Gasteiger partial charge is 0.332 e. The van der Waals surface area contributed by atoms with E-state index < -0.39 is 11.2 Å². The Morgan fingerprint density at radius 3 is 2.40 bits per heavy atom. The standard InChI is InChI=1S/C17H23N5O3/c1-7-9(2)21-11(4)12(5)22-13-14(18-16(21)22)19(6)17(25)20(15(13)24)8-10(3)23/h9H,7-8H2,1-6H3. The summed E-state index contributed by atoms with van der Waals surface area (Å²) in [7, 11) is 1.57. The molecule has 3 aromatic rings. The Morgan fingerprint density at radius 1 is 1.20 bits per heavy atom. The van der Waals surface area contributed by atoms with Crippen LogP contribution in [0, 0.1) is 13.8 Å². The number of aryl methyl sites for hydroxylation is 2. The van der Waals surface area contributed by atoms with Crippen molar-refractivity contribution in [3.63, 3.8) is 0 Å². The third kappa shape index (κ3) is 2.27. The van der Waals surface area contributed by atoms with Gasteiger partial charge in [-0.25, -0.2) is 4.79 Å². The molecule has 0 bridgehead atoms. The van der Waals surface area contributed by atoms with Gasteiger partial charge in [-0.05, 0) is 34.1 Å². The summed E-state index contributed by atoms with van der Waals surface area (Å²) in [6, 6.07) is 0.212. The molecule has 0 saturated heterocycles. The van der Waals surface area contributed by atoms with Crippen LogP contribution < -0.4 is 11.2 Å². The molecule has 3 aromatic heterocycles. The van der Waals surface area contributed by atoms with E-state index in [-0.39, 0.29) is 18.4 Å². The van der Waals surface area contributed by atoms with E-state index in [1.165, 1.54) is 11.5 Å². The van der Waals surface area contributed by atoms with Gasteiger partial charge in [-0.15, -0.1) is 0 Å². The average molecular weight is 345 g/mol. The molecule has 0 saturated carbocycles.